The first-order valence-corrected chi connectivity index (χ1v) is 6.70. The summed E-state index contributed by atoms with van der Waals surface area (Å²) in [6.07, 6.45) is -0.948. The van der Waals surface area contributed by atoms with Crippen LogP contribution < -0.4 is 5.32 Å². The number of carbonyl (C=O) groups excluding carboxylic acids is 3. The van der Waals surface area contributed by atoms with Crippen molar-refractivity contribution in [2.45, 2.75) is 19.4 Å². The van der Waals surface area contributed by atoms with E-state index in [-0.39, 0.29) is 24.5 Å². The van der Waals surface area contributed by atoms with Gasteiger partial charge in [-0.2, -0.15) is 0 Å². The molecular weight excluding hydrogens is 308 g/mol. The number of aryl methyl sites for hydroxylation is 1. The predicted molar refractivity (Wildman–Crippen MR) is 76.4 cm³/mol. The number of esters is 1. The Hall–Kier alpha value is -2.91. The molecule has 10 nitrogen and oxygen atoms in total. The van der Waals surface area contributed by atoms with Gasteiger partial charge in [-0.1, -0.05) is 10.3 Å². The molecule has 1 atom stereocenters. The molecule has 1 aromatic rings. The second-order valence-electron chi connectivity index (χ2n) is 4.89. The molecule has 2 rings (SSSR count). The van der Waals surface area contributed by atoms with E-state index < -0.39 is 23.9 Å². The normalized spacial score (nSPS) is 16.3. The molecular formula is C13H16N4O6. The number of hydrogen-bond donors (Lipinski definition) is 1. The van der Waals surface area contributed by atoms with Gasteiger partial charge in [0, 0.05) is 19.5 Å². The third-order valence-electron chi connectivity index (χ3n) is 3.02. The molecule has 23 heavy (non-hydrogen) atoms. The highest BCUT2D eigenvalue weighted by molar-refractivity contribution is 6.37. The van der Waals surface area contributed by atoms with Crippen LogP contribution in [0.1, 0.15) is 12.2 Å². The summed E-state index contributed by atoms with van der Waals surface area (Å²) in [5.74, 6) is -0.749. The zero-order chi connectivity index (χ0) is 17.0. The van der Waals surface area contributed by atoms with Crippen molar-refractivity contribution in [3.63, 3.8) is 0 Å². The van der Waals surface area contributed by atoms with Gasteiger partial charge < -0.3 is 24.3 Å². The topological polar surface area (TPSA) is 123 Å². The minimum atomic E-state index is -0.948. The first-order chi connectivity index (χ1) is 10.9. The Kier molecular flexibility index (Phi) is 4.94. The summed E-state index contributed by atoms with van der Waals surface area (Å²) >= 11 is 0. The zero-order valence-electron chi connectivity index (χ0n) is 12.9. The summed E-state index contributed by atoms with van der Waals surface area (Å²) in [6, 6.07) is 1.55. The molecule has 0 aromatic carbocycles. The molecule has 1 N–H and O–H groups in total. The average Bonchev–Trinajstić information content (AvgIpc) is 3.14. The lowest BCUT2D eigenvalue weighted by Gasteiger charge is -2.18. The van der Waals surface area contributed by atoms with Crippen LogP contribution in [0.25, 0.3) is 0 Å². The van der Waals surface area contributed by atoms with E-state index >= 15 is 0 Å². The number of carbonyl (C=O) groups is 3. The monoisotopic (exact) mass is 324 g/mol. The van der Waals surface area contributed by atoms with Gasteiger partial charge in [0.1, 0.15) is 5.76 Å². The fourth-order valence-electron chi connectivity index (χ4n) is 1.90. The van der Waals surface area contributed by atoms with E-state index in [4.69, 9.17) is 9.36 Å². The maximum absolute atomic E-state index is 12.2. The van der Waals surface area contributed by atoms with Gasteiger partial charge in [0.15, 0.2) is 11.5 Å². The van der Waals surface area contributed by atoms with E-state index in [0.717, 1.165) is 0 Å². The molecule has 0 fully saturated rings. The highest BCUT2D eigenvalue weighted by Gasteiger charge is 2.34. The van der Waals surface area contributed by atoms with E-state index in [1.54, 1.807) is 13.0 Å². The predicted octanol–water partition coefficient (Wildman–Crippen LogP) is -0.302. The third-order valence-corrected chi connectivity index (χ3v) is 3.02. The van der Waals surface area contributed by atoms with Gasteiger partial charge in [0.2, 0.25) is 12.0 Å². The van der Waals surface area contributed by atoms with Crippen LogP contribution in [0.4, 0.5) is 5.82 Å². The molecule has 1 aliphatic heterocycles. The quantitative estimate of drug-likeness (QED) is 0.737. The van der Waals surface area contributed by atoms with Gasteiger partial charge in [-0.25, -0.2) is 4.79 Å². The number of aromatic nitrogens is 1. The summed E-state index contributed by atoms with van der Waals surface area (Å²) in [5, 5.41) is 9.63. The zero-order valence-corrected chi connectivity index (χ0v) is 12.9. The van der Waals surface area contributed by atoms with Crippen molar-refractivity contribution in [1.82, 2.24) is 10.1 Å². The lowest BCUT2D eigenvalue weighted by atomic mass is 10.1. The fraction of sp³-hybridized carbons (Fsp3) is 0.462. The van der Waals surface area contributed by atoms with Crippen LogP contribution in [0.2, 0.25) is 0 Å². The molecule has 1 aromatic heterocycles. The summed E-state index contributed by atoms with van der Waals surface area (Å²) in [7, 11) is 2.65. The number of anilines is 1. The number of nitrogens with one attached hydrogen (secondary N) is 1. The van der Waals surface area contributed by atoms with Crippen LogP contribution >= 0.6 is 0 Å². The molecule has 0 saturated carbocycles. The fourth-order valence-corrected chi connectivity index (χ4v) is 1.90. The number of rotatable bonds is 5. The van der Waals surface area contributed by atoms with Gasteiger partial charge in [-0.05, 0) is 6.92 Å². The SMILES string of the molecule is COC(=O)C1=NO[C@@H](C(=O)N(C)CC(=O)Nc2cc(C)on2)C1. The van der Waals surface area contributed by atoms with Crippen molar-refractivity contribution in [2.75, 3.05) is 26.0 Å². The van der Waals surface area contributed by atoms with E-state index in [0.29, 0.717) is 5.76 Å². The summed E-state index contributed by atoms with van der Waals surface area (Å²) in [6.45, 7) is 1.48. The van der Waals surface area contributed by atoms with Gasteiger partial charge >= 0.3 is 5.97 Å². The Morgan fingerprint density at radius 2 is 2.22 bits per heavy atom. The molecule has 124 valence electrons. The molecule has 2 heterocycles. The van der Waals surface area contributed by atoms with Crippen LogP contribution in [-0.4, -0.2) is 60.4 Å². The number of nitrogens with zero attached hydrogens (tertiary/aromatic N) is 3. The number of likely N-dealkylation sites (N-methyl/N-ethyl adjacent to an activating group) is 1. The molecule has 0 radical (unpaired) electrons. The molecule has 0 bridgehead atoms. The Balaban J connectivity index is 1.83. The molecule has 0 saturated heterocycles. The maximum Gasteiger partial charge on any atom is 0.355 e. The van der Waals surface area contributed by atoms with Gasteiger partial charge in [-0.3, -0.25) is 9.59 Å². The number of ether oxygens (including phenoxy) is 1. The molecule has 10 heteroatoms. The van der Waals surface area contributed by atoms with E-state index in [1.165, 1.54) is 19.1 Å². The van der Waals surface area contributed by atoms with Crippen LogP contribution in [0.15, 0.2) is 15.7 Å². The number of amides is 2. The lowest BCUT2D eigenvalue weighted by Crippen LogP contribution is -2.41. The first kappa shape index (κ1) is 16.5. The van der Waals surface area contributed by atoms with Gasteiger partial charge in [-0.15, -0.1) is 0 Å². The van der Waals surface area contributed by atoms with Crippen molar-refractivity contribution in [3.8, 4) is 0 Å². The van der Waals surface area contributed by atoms with Crippen molar-refractivity contribution in [2.24, 2.45) is 5.16 Å². The maximum atomic E-state index is 12.2. The Morgan fingerprint density at radius 3 is 2.83 bits per heavy atom. The summed E-state index contributed by atoms with van der Waals surface area (Å²) in [4.78, 5) is 41.4. The molecule has 1 aliphatic rings. The smallest absolute Gasteiger partial charge is 0.355 e. The molecule has 0 spiro atoms. The van der Waals surface area contributed by atoms with Gasteiger partial charge in [0.05, 0.1) is 13.7 Å². The van der Waals surface area contributed by atoms with E-state index in [9.17, 15) is 14.4 Å². The highest BCUT2D eigenvalue weighted by atomic mass is 16.7. The van der Waals surface area contributed by atoms with Crippen LogP contribution in [0, 0.1) is 6.92 Å². The number of hydrogen-bond acceptors (Lipinski definition) is 8. The van der Waals surface area contributed by atoms with Crippen LogP contribution in [0.5, 0.6) is 0 Å². The van der Waals surface area contributed by atoms with Crippen LogP contribution in [-0.2, 0) is 24.0 Å². The second kappa shape index (κ2) is 6.90. The summed E-state index contributed by atoms with van der Waals surface area (Å²) in [5.41, 5.74) is 0.0294. The van der Waals surface area contributed by atoms with E-state index in [1.807, 2.05) is 0 Å². The van der Waals surface area contributed by atoms with E-state index in [2.05, 4.69) is 20.4 Å². The minimum absolute atomic E-state index is 0.0000530. The molecule has 0 aliphatic carbocycles. The van der Waals surface area contributed by atoms with Crippen molar-refractivity contribution in [1.29, 1.82) is 0 Å². The number of methoxy groups -OCH3 is 1. The standard InChI is InChI=1S/C13H16N4O6/c1-7-4-10(16-22-7)14-11(18)6-17(2)12(19)9-5-8(15-23-9)13(20)21-3/h4,9H,5-6H2,1-3H3,(H,14,16,18)/t9-/m1/s1. The van der Waals surface area contributed by atoms with Crippen molar-refractivity contribution >= 4 is 29.3 Å². The van der Waals surface area contributed by atoms with Gasteiger partial charge in [0.25, 0.3) is 5.91 Å². The first-order valence-electron chi connectivity index (χ1n) is 6.70. The average molecular weight is 324 g/mol. The van der Waals surface area contributed by atoms with Crippen molar-refractivity contribution < 1.29 is 28.5 Å². The van der Waals surface area contributed by atoms with Crippen molar-refractivity contribution in [3.05, 3.63) is 11.8 Å². The number of oxime groups is 1. The lowest BCUT2D eigenvalue weighted by molar-refractivity contribution is -0.142. The Morgan fingerprint density at radius 1 is 1.48 bits per heavy atom. The summed E-state index contributed by atoms with van der Waals surface area (Å²) < 4.78 is 9.32. The van der Waals surface area contributed by atoms with Crippen LogP contribution in [0.3, 0.4) is 0 Å². The highest BCUT2D eigenvalue weighted by Crippen LogP contribution is 2.14. The molecule has 0 unspecified atom stereocenters. The molecule has 2 amide bonds. The Labute approximate surface area is 131 Å². The third kappa shape index (κ3) is 4.05. The largest absolute Gasteiger partial charge is 0.464 e. The minimum Gasteiger partial charge on any atom is -0.464 e. The Bertz CT molecular complexity index is 653. The second-order valence-corrected chi connectivity index (χ2v) is 4.89.